The van der Waals surface area contributed by atoms with Gasteiger partial charge in [-0.05, 0) is 19.4 Å². The van der Waals surface area contributed by atoms with Crippen molar-refractivity contribution in [2.75, 3.05) is 0 Å². The van der Waals surface area contributed by atoms with Crippen LogP contribution in [0.25, 0.3) is 22.5 Å². The number of aromatic nitrogens is 1. The van der Waals surface area contributed by atoms with Crippen LogP contribution >= 0.6 is 0 Å². The Labute approximate surface area is 168 Å². The van der Waals surface area contributed by atoms with Gasteiger partial charge < -0.3 is 5.11 Å². The summed E-state index contributed by atoms with van der Waals surface area (Å²) >= 11 is 0. The topological polar surface area (TPSA) is 104 Å². The number of rotatable bonds is 2. The highest BCUT2D eigenvalue weighted by molar-refractivity contribution is 5.80. The Bertz CT molecular complexity index is 1320. The van der Waals surface area contributed by atoms with Gasteiger partial charge in [0.05, 0.1) is 5.56 Å². The molecule has 3 aromatic rings. The first-order valence-electron chi connectivity index (χ1n) is 8.82. The van der Waals surface area contributed by atoms with Crippen LogP contribution in [0.1, 0.15) is 22.4 Å². The van der Waals surface area contributed by atoms with E-state index in [1.165, 1.54) is 0 Å². The molecule has 5 nitrogen and oxygen atoms in total. The van der Waals surface area contributed by atoms with Gasteiger partial charge in [-0.3, -0.25) is 0 Å². The maximum atomic E-state index is 11.1. The highest BCUT2D eigenvalue weighted by Gasteiger charge is 2.18. The molecule has 0 aliphatic carbocycles. The molecule has 0 saturated heterocycles. The van der Waals surface area contributed by atoms with Crippen LogP contribution in [0.2, 0.25) is 0 Å². The maximum absolute atomic E-state index is 11.1. The molecule has 3 rings (SSSR count). The van der Waals surface area contributed by atoms with Crippen LogP contribution in [-0.4, -0.2) is 10.1 Å². The first kappa shape index (κ1) is 19.4. The third-order valence-corrected chi connectivity index (χ3v) is 4.57. The predicted molar refractivity (Wildman–Crippen MR) is 109 cm³/mol. The van der Waals surface area contributed by atoms with Crippen molar-refractivity contribution in [1.82, 2.24) is 4.98 Å². The van der Waals surface area contributed by atoms with Crippen LogP contribution < -0.4 is 10.6 Å². The van der Waals surface area contributed by atoms with Crippen LogP contribution in [0.3, 0.4) is 0 Å². The quantitative estimate of drug-likeness (QED) is 0.740. The summed E-state index contributed by atoms with van der Waals surface area (Å²) in [5.74, 6) is -0.0234. The van der Waals surface area contributed by atoms with E-state index in [-0.39, 0.29) is 22.2 Å². The third-order valence-electron chi connectivity index (χ3n) is 4.57. The number of aliphatic hydroxyl groups is 1. The minimum atomic E-state index is -0.247. The van der Waals surface area contributed by atoms with E-state index in [0.29, 0.717) is 27.6 Å². The van der Waals surface area contributed by atoms with Gasteiger partial charge in [0, 0.05) is 22.0 Å². The van der Waals surface area contributed by atoms with Gasteiger partial charge in [0.2, 0.25) is 0 Å². The van der Waals surface area contributed by atoms with Crippen molar-refractivity contribution < 1.29 is 5.11 Å². The molecule has 0 aliphatic rings. The molecule has 0 atom stereocenters. The summed E-state index contributed by atoms with van der Waals surface area (Å²) in [5, 5.41) is 40.1. The second kappa shape index (κ2) is 8.09. The van der Waals surface area contributed by atoms with E-state index in [0.717, 1.165) is 5.56 Å². The average molecular weight is 376 g/mol. The van der Waals surface area contributed by atoms with Crippen molar-refractivity contribution >= 4 is 11.3 Å². The molecule has 29 heavy (non-hydrogen) atoms. The molecule has 1 N–H and O–H groups in total. The Morgan fingerprint density at radius 3 is 2.07 bits per heavy atom. The molecular weight excluding hydrogens is 360 g/mol. The number of nitrogens with zero attached hydrogens (tertiary/aromatic N) is 4. The van der Waals surface area contributed by atoms with Crippen molar-refractivity contribution in [3.05, 3.63) is 87.5 Å². The standard InChI is InChI=1S/C24H16N4O/c1-15-8-10-17(11-9-15)22-20(14-27)23(19(12-25)13-26)28-16(2)21(22)24(29)18-6-4-3-5-7-18/h3-11,29H,1-2H3/b24-21-. The molecule has 0 amide bonds. The SMILES string of the molecule is Cc1ccc(-c2c(C#N)c(=C(C#N)C#N)nc(C)/c2=C(/O)c2ccccc2)cc1. The molecule has 0 aliphatic heterocycles. The van der Waals surface area contributed by atoms with Gasteiger partial charge in [0.1, 0.15) is 29.3 Å². The van der Waals surface area contributed by atoms with Crippen molar-refractivity contribution in [2.24, 2.45) is 0 Å². The molecule has 5 heteroatoms. The van der Waals surface area contributed by atoms with E-state index in [2.05, 4.69) is 11.1 Å². The van der Waals surface area contributed by atoms with Crippen molar-refractivity contribution in [2.45, 2.75) is 13.8 Å². The highest BCUT2D eigenvalue weighted by Crippen LogP contribution is 2.21. The number of pyridine rings is 1. The summed E-state index contributed by atoms with van der Waals surface area (Å²) in [4.78, 5) is 4.35. The molecule has 0 unspecified atom stereocenters. The lowest BCUT2D eigenvalue weighted by atomic mass is 9.94. The molecular formula is C24H16N4O. The predicted octanol–water partition coefficient (Wildman–Crippen LogP) is 3.15. The fourth-order valence-corrected chi connectivity index (χ4v) is 3.16. The average Bonchev–Trinajstić information content (AvgIpc) is 2.75. The Hall–Kier alpha value is -4.40. The molecule has 0 bridgehead atoms. The van der Waals surface area contributed by atoms with Gasteiger partial charge in [-0.15, -0.1) is 0 Å². The second-order valence-corrected chi connectivity index (χ2v) is 6.46. The van der Waals surface area contributed by atoms with Crippen LogP contribution in [0.5, 0.6) is 0 Å². The number of benzene rings is 2. The fourth-order valence-electron chi connectivity index (χ4n) is 3.16. The van der Waals surface area contributed by atoms with Gasteiger partial charge in [0.15, 0.2) is 5.57 Å². The van der Waals surface area contributed by atoms with E-state index < -0.39 is 0 Å². The van der Waals surface area contributed by atoms with Crippen molar-refractivity contribution in [1.29, 1.82) is 15.8 Å². The number of hydrogen-bond donors (Lipinski definition) is 1. The van der Waals surface area contributed by atoms with E-state index >= 15 is 0 Å². The van der Waals surface area contributed by atoms with Crippen LogP contribution in [0, 0.1) is 47.8 Å². The normalized spacial score (nSPS) is 11.0. The Morgan fingerprint density at radius 1 is 0.897 bits per heavy atom. The lowest BCUT2D eigenvalue weighted by Gasteiger charge is -2.12. The van der Waals surface area contributed by atoms with E-state index in [1.807, 2.05) is 49.4 Å². The molecule has 0 radical (unpaired) electrons. The van der Waals surface area contributed by atoms with Crippen molar-refractivity contribution in [3.63, 3.8) is 0 Å². The summed E-state index contributed by atoms with van der Waals surface area (Å²) in [6.45, 7) is 3.63. The summed E-state index contributed by atoms with van der Waals surface area (Å²) in [7, 11) is 0. The summed E-state index contributed by atoms with van der Waals surface area (Å²) < 4.78 is 0. The maximum Gasteiger partial charge on any atom is 0.156 e. The van der Waals surface area contributed by atoms with Crippen LogP contribution in [0.4, 0.5) is 0 Å². The zero-order valence-corrected chi connectivity index (χ0v) is 15.9. The Morgan fingerprint density at radius 2 is 1.52 bits per heavy atom. The first-order valence-corrected chi connectivity index (χ1v) is 8.82. The fraction of sp³-hybridized carbons (Fsp3) is 0.0833. The zero-order chi connectivity index (χ0) is 21.0. The molecule has 0 fully saturated rings. The zero-order valence-electron chi connectivity index (χ0n) is 15.9. The number of aliphatic hydroxyl groups excluding tert-OH is 1. The summed E-state index contributed by atoms with van der Waals surface area (Å²) in [6, 6.07) is 22.2. The Balaban J connectivity index is 2.64. The monoisotopic (exact) mass is 376 g/mol. The number of nitriles is 3. The van der Waals surface area contributed by atoms with Gasteiger partial charge >= 0.3 is 0 Å². The van der Waals surface area contributed by atoms with Gasteiger partial charge in [-0.25, -0.2) is 4.98 Å². The van der Waals surface area contributed by atoms with Gasteiger partial charge in [0.25, 0.3) is 0 Å². The summed E-state index contributed by atoms with van der Waals surface area (Å²) in [6.07, 6.45) is 0. The highest BCUT2D eigenvalue weighted by atomic mass is 16.3. The van der Waals surface area contributed by atoms with E-state index in [9.17, 15) is 20.9 Å². The van der Waals surface area contributed by atoms with Gasteiger partial charge in [-0.2, -0.15) is 15.8 Å². The first-order chi connectivity index (χ1) is 14.0. The minimum Gasteiger partial charge on any atom is -0.507 e. The smallest absolute Gasteiger partial charge is 0.156 e. The largest absolute Gasteiger partial charge is 0.507 e. The molecule has 2 aromatic carbocycles. The summed E-state index contributed by atoms with van der Waals surface area (Å²) in [5.41, 5.74) is 2.99. The molecule has 1 aromatic heterocycles. The van der Waals surface area contributed by atoms with Crippen molar-refractivity contribution in [3.8, 4) is 29.3 Å². The molecule has 1 heterocycles. The van der Waals surface area contributed by atoms with Gasteiger partial charge in [-0.1, -0.05) is 60.2 Å². The lowest BCUT2D eigenvalue weighted by molar-refractivity contribution is 0.507. The Kier molecular flexibility index (Phi) is 5.40. The lowest BCUT2D eigenvalue weighted by Crippen LogP contribution is -2.28. The number of hydrogen-bond acceptors (Lipinski definition) is 5. The van der Waals surface area contributed by atoms with Crippen LogP contribution in [-0.2, 0) is 0 Å². The number of aryl methyl sites for hydroxylation is 2. The minimum absolute atomic E-state index is 0.0233. The van der Waals surface area contributed by atoms with E-state index in [4.69, 9.17) is 0 Å². The molecule has 0 spiro atoms. The van der Waals surface area contributed by atoms with Crippen LogP contribution in [0.15, 0.2) is 54.6 Å². The second-order valence-electron chi connectivity index (χ2n) is 6.46. The third kappa shape index (κ3) is 3.56. The van der Waals surface area contributed by atoms with E-state index in [1.54, 1.807) is 31.2 Å². The molecule has 138 valence electrons. The molecule has 0 saturated carbocycles.